The zero-order valence-electron chi connectivity index (χ0n) is 21.2. The molecule has 0 radical (unpaired) electrons. The highest BCUT2D eigenvalue weighted by Crippen LogP contribution is 2.32. The zero-order valence-corrected chi connectivity index (χ0v) is 23.5. The lowest BCUT2D eigenvalue weighted by Gasteiger charge is -2.25. The average molecular weight is 580 g/mol. The number of benzene rings is 3. The van der Waals surface area contributed by atoms with E-state index in [-0.39, 0.29) is 12.2 Å². The maximum absolute atomic E-state index is 13.8. The molecule has 4 aromatic rings. The molecular weight excluding hydrogens is 555 g/mol. The highest BCUT2D eigenvalue weighted by molar-refractivity contribution is 7.07. The molecule has 9 heteroatoms. The monoisotopic (exact) mass is 578 g/mol. The van der Waals surface area contributed by atoms with Gasteiger partial charge in [-0.25, -0.2) is 9.79 Å². The first-order valence-corrected chi connectivity index (χ1v) is 13.8. The van der Waals surface area contributed by atoms with E-state index in [1.807, 2.05) is 61.5 Å². The number of hydrogen-bond donors (Lipinski definition) is 0. The summed E-state index contributed by atoms with van der Waals surface area (Å²) >= 11 is 13.5. The maximum atomic E-state index is 13.8. The molecule has 1 atom stereocenters. The van der Waals surface area contributed by atoms with Gasteiger partial charge in [-0.15, -0.1) is 0 Å². The molecular formula is C30H24Cl2N2O4S. The van der Waals surface area contributed by atoms with Crippen molar-refractivity contribution in [2.45, 2.75) is 26.5 Å². The number of carbonyl (C=O) groups excluding carboxylic acids is 1. The quantitative estimate of drug-likeness (QED) is 0.264. The molecule has 0 aliphatic carbocycles. The van der Waals surface area contributed by atoms with Crippen LogP contribution in [-0.4, -0.2) is 17.1 Å². The van der Waals surface area contributed by atoms with Crippen molar-refractivity contribution in [2.24, 2.45) is 4.99 Å². The van der Waals surface area contributed by atoms with Gasteiger partial charge in [0, 0.05) is 0 Å². The summed E-state index contributed by atoms with van der Waals surface area (Å²) in [5.41, 5.74) is 2.86. The molecule has 0 fully saturated rings. The Kier molecular flexibility index (Phi) is 8.02. The van der Waals surface area contributed by atoms with E-state index < -0.39 is 12.0 Å². The fourth-order valence-electron chi connectivity index (χ4n) is 4.37. The normalized spacial score (nSPS) is 15.1. The fourth-order valence-corrected chi connectivity index (χ4v) is 5.72. The van der Waals surface area contributed by atoms with Crippen LogP contribution in [-0.2, 0) is 16.1 Å². The Balaban J connectivity index is 1.61. The molecule has 198 valence electrons. The van der Waals surface area contributed by atoms with Crippen molar-refractivity contribution in [3.63, 3.8) is 0 Å². The molecule has 3 aromatic carbocycles. The van der Waals surface area contributed by atoms with Crippen LogP contribution in [0.5, 0.6) is 5.75 Å². The summed E-state index contributed by atoms with van der Waals surface area (Å²) in [5, 5.41) is 0.824. The number of aromatic nitrogens is 1. The second-order valence-corrected chi connectivity index (χ2v) is 10.6. The Morgan fingerprint density at radius 1 is 1.05 bits per heavy atom. The van der Waals surface area contributed by atoms with Crippen LogP contribution >= 0.6 is 34.5 Å². The lowest BCUT2D eigenvalue weighted by atomic mass is 9.96. The van der Waals surface area contributed by atoms with E-state index in [4.69, 9.17) is 32.7 Å². The van der Waals surface area contributed by atoms with Crippen LogP contribution in [0.2, 0.25) is 10.0 Å². The van der Waals surface area contributed by atoms with Crippen molar-refractivity contribution >= 4 is 46.6 Å². The van der Waals surface area contributed by atoms with Crippen molar-refractivity contribution in [1.82, 2.24) is 4.57 Å². The van der Waals surface area contributed by atoms with Gasteiger partial charge in [0.1, 0.15) is 12.4 Å². The predicted octanol–water partition coefficient (Wildman–Crippen LogP) is 5.68. The summed E-state index contributed by atoms with van der Waals surface area (Å²) in [6.07, 6.45) is 1.74. The predicted molar refractivity (Wildman–Crippen MR) is 154 cm³/mol. The fraction of sp³-hybridized carbons (Fsp3) is 0.167. The van der Waals surface area contributed by atoms with Gasteiger partial charge in [-0.2, -0.15) is 0 Å². The number of nitrogens with zero attached hydrogens (tertiary/aromatic N) is 2. The SMILES string of the molecule is CCOc1ccc(C2C(C(=O)OCc3ccccc3)=C(C)N=c3sc(=Cc4ccc(Cl)c(Cl)c4)c(=O)n32)cc1. The van der Waals surface area contributed by atoms with Gasteiger partial charge in [0.15, 0.2) is 4.80 Å². The summed E-state index contributed by atoms with van der Waals surface area (Å²) in [7, 11) is 0. The Hall–Kier alpha value is -3.65. The second-order valence-electron chi connectivity index (χ2n) is 8.82. The first kappa shape index (κ1) is 26.9. The minimum Gasteiger partial charge on any atom is -0.494 e. The molecule has 5 rings (SSSR count). The molecule has 2 heterocycles. The summed E-state index contributed by atoms with van der Waals surface area (Å²) < 4.78 is 13.3. The van der Waals surface area contributed by atoms with Crippen molar-refractivity contribution in [2.75, 3.05) is 6.61 Å². The molecule has 1 aromatic heterocycles. The summed E-state index contributed by atoms with van der Waals surface area (Å²) in [6, 6.07) is 21.2. The standard InChI is InChI=1S/C30H24Cl2N2O4S/c1-3-37-22-12-10-21(11-13-22)27-26(29(36)38-17-19-7-5-4-6-8-19)18(2)33-30-34(27)28(35)25(39-30)16-20-9-14-23(31)24(32)15-20/h4-16,27H,3,17H2,1-2H3. The molecule has 0 N–H and O–H groups in total. The third-order valence-corrected chi connectivity index (χ3v) is 7.92. The largest absolute Gasteiger partial charge is 0.494 e. The first-order chi connectivity index (χ1) is 18.9. The highest BCUT2D eigenvalue weighted by Gasteiger charge is 2.33. The topological polar surface area (TPSA) is 69.9 Å². The second kappa shape index (κ2) is 11.6. The molecule has 39 heavy (non-hydrogen) atoms. The number of halogens is 2. The minimum absolute atomic E-state index is 0.105. The first-order valence-electron chi connectivity index (χ1n) is 12.3. The van der Waals surface area contributed by atoms with E-state index in [0.29, 0.717) is 43.0 Å². The zero-order chi connectivity index (χ0) is 27.5. The lowest BCUT2D eigenvalue weighted by Crippen LogP contribution is -2.39. The number of hydrogen-bond acceptors (Lipinski definition) is 6. The van der Waals surface area contributed by atoms with Gasteiger partial charge in [-0.1, -0.05) is 83.1 Å². The van der Waals surface area contributed by atoms with E-state index in [9.17, 15) is 9.59 Å². The van der Waals surface area contributed by atoms with Crippen LogP contribution in [0.15, 0.2) is 93.9 Å². The number of thiazole rings is 1. The maximum Gasteiger partial charge on any atom is 0.338 e. The molecule has 0 saturated carbocycles. The Morgan fingerprint density at radius 3 is 2.49 bits per heavy atom. The number of ether oxygens (including phenoxy) is 2. The molecule has 1 aliphatic heterocycles. The number of esters is 1. The highest BCUT2D eigenvalue weighted by atomic mass is 35.5. The van der Waals surface area contributed by atoms with Crippen LogP contribution in [0, 0.1) is 0 Å². The van der Waals surface area contributed by atoms with Crippen molar-refractivity contribution in [3.8, 4) is 5.75 Å². The molecule has 1 aliphatic rings. The number of allylic oxidation sites excluding steroid dienone is 1. The van der Waals surface area contributed by atoms with Gasteiger partial charge in [-0.3, -0.25) is 9.36 Å². The molecule has 0 amide bonds. The van der Waals surface area contributed by atoms with Gasteiger partial charge < -0.3 is 9.47 Å². The van der Waals surface area contributed by atoms with Crippen molar-refractivity contribution < 1.29 is 14.3 Å². The molecule has 1 unspecified atom stereocenters. The van der Waals surface area contributed by atoms with Crippen LogP contribution in [0.25, 0.3) is 6.08 Å². The van der Waals surface area contributed by atoms with Gasteiger partial charge in [0.2, 0.25) is 0 Å². The lowest BCUT2D eigenvalue weighted by molar-refractivity contribution is -0.140. The Morgan fingerprint density at radius 2 is 1.79 bits per heavy atom. The van der Waals surface area contributed by atoms with E-state index in [2.05, 4.69) is 4.99 Å². The minimum atomic E-state index is -0.726. The summed E-state index contributed by atoms with van der Waals surface area (Å²) in [5.74, 6) is 0.167. The average Bonchev–Trinajstić information content (AvgIpc) is 3.24. The van der Waals surface area contributed by atoms with Crippen LogP contribution in [0.3, 0.4) is 0 Å². The third kappa shape index (κ3) is 5.71. The molecule has 0 spiro atoms. The smallest absolute Gasteiger partial charge is 0.338 e. The van der Waals surface area contributed by atoms with E-state index in [0.717, 1.165) is 16.7 Å². The van der Waals surface area contributed by atoms with Crippen LogP contribution in [0.1, 0.15) is 36.6 Å². The van der Waals surface area contributed by atoms with Crippen molar-refractivity contribution in [3.05, 3.63) is 130 Å². The molecule has 0 bridgehead atoms. The van der Waals surface area contributed by atoms with E-state index >= 15 is 0 Å². The Labute approximate surface area is 239 Å². The number of fused-ring (bicyclic) bond motifs is 1. The number of carbonyl (C=O) groups is 1. The Bertz CT molecular complexity index is 1740. The van der Waals surface area contributed by atoms with Gasteiger partial charge >= 0.3 is 5.97 Å². The molecule has 6 nitrogen and oxygen atoms in total. The van der Waals surface area contributed by atoms with Gasteiger partial charge in [0.25, 0.3) is 5.56 Å². The summed E-state index contributed by atoms with van der Waals surface area (Å²) in [4.78, 5) is 32.4. The molecule has 0 saturated heterocycles. The van der Waals surface area contributed by atoms with E-state index in [1.54, 1.807) is 35.8 Å². The van der Waals surface area contributed by atoms with Crippen LogP contribution < -0.4 is 19.6 Å². The van der Waals surface area contributed by atoms with E-state index in [1.165, 1.54) is 11.3 Å². The third-order valence-electron chi connectivity index (χ3n) is 6.20. The summed E-state index contributed by atoms with van der Waals surface area (Å²) in [6.45, 7) is 4.30. The van der Waals surface area contributed by atoms with Crippen LogP contribution in [0.4, 0.5) is 0 Å². The van der Waals surface area contributed by atoms with Crippen molar-refractivity contribution in [1.29, 1.82) is 0 Å². The van der Waals surface area contributed by atoms with Gasteiger partial charge in [0.05, 0.1) is 38.5 Å². The number of rotatable bonds is 7. The van der Waals surface area contributed by atoms with Gasteiger partial charge in [-0.05, 0) is 60.9 Å².